The molecule has 0 amide bonds. The lowest BCUT2D eigenvalue weighted by atomic mass is 10.2. The van der Waals surface area contributed by atoms with E-state index in [0.29, 0.717) is 12.7 Å². The molecular weight excluding hydrogens is 185 g/mol. The fourth-order valence-electron chi connectivity index (χ4n) is 0.452. The maximum atomic E-state index is 11.6. The van der Waals surface area contributed by atoms with Gasteiger partial charge in [-0.3, -0.25) is 4.79 Å². The Balaban J connectivity index is 3.80. The van der Waals surface area contributed by atoms with Gasteiger partial charge in [0.1, 0.15) is 0 Å². The van der Waals surface area contributed by atoms with Crippen LogP contribution in [0.4, 0.5) is 13.2 Å². The third-order valence-corrected chi connectivity index (χ3v) is 1.02. The molecule has 0 fully saturated rings. The van der Waals surface area contributed by atoms with Gasteiger partial charge >= 0.3 is 6.18 Å². The maximum absolute atomic E-state index is 11.6. The number of carbonyl (C=O) groups excluding carboxylic acids is 1. The molecule has 0 aromatic carbocycles. The Kier molecular flexibility index (Phi) is 4.51. The lowest BCUT2D eigenvalue weighted by Gasteiger charge is -2.03. The number of ketones is 1. The number of carbonyl (C=O) groups is 1. The Hall–Kier alpha value is -1.00. The highest BCUT2D eigenvalue weighted by Gasteiger charge is 2.36. The summed E-state index contributed by atoms with van der Waals surface area (Å²) in [5.41, 5.74) is 0. The van der Waals surface area contributed by atoms with Gasteiger partial charge in [0.2, 0.25) is 0 Å². The smallest absolute Gasteiger partial charge is 0.454 e. The predicted molar refractivity (Wildman–Crippen MR) is 41.0 cm³/mol. The van der Waals surface area contributed by atoms with E-state index in [-0.39, 0.29) is 5.92 Å². The van der Waals surface area contributed by atoms with Crippen molar-refractivity contribution in [2.24, 2.45) is 5.92 Å². The van der Waals surface area contributed by atoms with Gasteiger partial charge in [0.15, 0.2) is 0 Å². The van der Waals surface area contributed by atoms with Gasteiger partial charge in [-0.1, -0.05) is 13.8 Å². The number of allylic oxidation sites excluding steroid dienone is 1. The summed E-state index contributed by atoms with van der Waals surface area (Å²) in [7, 11) is 0. The van der Waals surface area contributed by atoms with Crippen LogP contribution in [0, 0.1) is 5.92 Å². The summed E-state index contributed by atoms with van der Waals surface area (Å²) in [5, 5.41) is 0. The van der Waals surface area contributed by atoms with Crippen LogP contribution in [0.5, 0.6) is 0 Å². The number of alkyl halides is 3. The van der Waals surface area contributed by atoms with Crippen molar-refractivity contribution in [3.63, 3.8) is 0 Å². The molecule has 0 spiro atoms. The zero-order valence-corrected chi connectivity index (χ0v) is 7.39. The zero-order chi connectivity index (χ0) is 10.5. The normalized spacial score (nSPS) is 12.5. The minimum atomic E-state index is -4.81. The summed E-state index contributed by atoms with van der Waals surface area (Å²) < 4.78 is 39.4. The molecule has 0 atom stereocenters. The maximum Gasteiger partial charge on any atom is 0.454 e. The molecule has 0 unspecified atom stereocenters. The first-order chi connectivity index (χ1) is 5.84. The summed E-state index contributed by atoms with van der Waals surface area (Å²) >= 11 is 0. The summed E-state index contributed by atoms with van der Waals surface area (Å²) in [6.45, 7) is 3.99. The van der Waals surface area contributed by atoms with Crippen LogP contribution in [0.15, 0.2) is 12.3 Å². The van der Waals surface area contributed by atoms with Crippen LogP contribution in [-0.2, 0) is 9.53 Å². The largest absolute Gasteiger partial charge is 0.501 e. The third-order valence-electron chi connectivity index (χ3n) is 1.02. The first-order valence-corrected chi connectivity index (χ1v) is 3.73. The minimum Gasteiger partial charge on any atom is -0.501 e. The molecule has 2 nitrogen and oxygen atoms in total. The van der Waals surface area contributed by atoms with Gasteiger partial charge in [-0.05, 0) is 5.92 Å². The van der Waals surface area contributed by atoms with E-state index < -0.39 is 12.0 Å². The van der Waals surface area contributed by atoms with E-state index in [2.05, 4.69) is 4.74 Å². The van der Waals surface area contributed by atoms with Crippen LogP contribution in [-0.4, -0.2) is 18.6 Å². The predicted octanol–water partition coefficient (Wildman–Crippen LogP) is 2.30. The average Bonchev–Trinajstić information content (AvgIpc) is 1.95. The first-order valence-electron chi connectivity index (χ1n) is 3.73. The highest BCUT2D eigenvalue weighted by molar-refractivity contribution is 5.94. The van der Waals surface area contributed by atoms with Crippen molar-refractivity contribution in [1.82, 2.24) is 0 Å². The highest BCUT2D eigenvalue weighted by atomic mass is 19.4. The zero-order valence-electron chi connectivity index (χ0n) is 7.39. The number of ether oxygens (including phenoxy) is 1. The fraction of sp³-hybridized carbons (Fsp3) is 0.625. The van der Waals surface area contributed by atoms with Gasteiger partial charge in [0.05, 0.1) is 12.9 Å². The molecule has 0 saturated heterocycles. The van der Waals surface area contributed by atoms with E-state index in [1.807, 2.05) is 13.8 Å². The van der Waals surface area contributed by atoms with Crippen LogP contribution in [0.25, 0.3) is 0 Å². The number of halogens is 3. The average molecular weight is 196 g/mol. The summed E-state index contributed by atoms with van der Waals surface area (Å²) in [4.78, 5) is 10.2. The van der Waals surface area contributed by atoms with Crippen LogP contribution < -0.4 is 0 Å². The van der Waals surface area contributed by atoms with Gasteiger partial charge in [0.25, 0.3) is 5.78 Å². The highest BCUT2D eigenvalue weighted by Crippen LogP contribution is 2.16. The van der Waals surface area contributed by atoms with E-state index in [1.165, 1.54) is 0 Å². The Morgan fingerprint density at radius 2 is 2.00 bits per heavy atom. The molecule has 0 aliphatic rings. The lowest BCUT2D eigenvalue weighted by Crippen LogP contribution is -2.20. The van der Waals surface area contributed by atoms with E-state index in [0.717, 1.165) is 6.26 Å². The van der Waals surface area contributed by atoms with Crippen molar-refractivity contribution in [1.29, 1.82) is 0 Å². The lowest BCUT2D eigenvalue weighted by molar-refractivity contribution is -0.165. The third kappa shape index (κ3) is 6.19. The monoisotopic (exact) mass is 196 g/mol. The molecule has 13 heavy (non-hydrogen) atoms. The SMILES string of the molecule is CC(C)CO/C=C/C(=O)C(F)(F)F. The summed E-state index contributed by atoms with van der Waals surface area (Å²) in [6.07, 6.45) is -3.66. The van der Waals surface area contributed by atoms with Crippen LogP contribution >= 0.6 is 0 Å². The van der Waals surface area contributed by atoms with Gasteiger partial charge in [-0.2, -0.15) is 13.2 Å². The Bertz CT molecular complexity index is 194. The molecule has 5 heteroatoms. The fourth-order valence-corrected chi connectivity index (χ4v) is 0.452. The van der Waals surface area contributed by atoms with Crippen molar-refractivity contribution < 1.29 is 22.7 Å². The number of rotatable bonds is 4. The van der Waals surface area contributed by atoms with Crippen LogP contribution in [0.3, 0.4) is 0 Å². The topological polar surface area (TPSA) is 26.3 Å². The van der Waals surface area contributed by atoms with Crippen molar-refractivity contribution in [3.8, 4) is 0 Å². The molecule has 0 aromatic rings. The van der Waals surface area contributed by atoms with Crippen molar-refractivity contribution in [2.75, 3.05) is 6.61 Å². The second-order valence-electron chi connectivity index (χ2n) is 2.89. The second kappa shape index (κ2) is 4.89. The van der Waals surface area contributed by atoms with Crippen molar-refractivity contribution >= 4 is 5.78 Å². The van der Waals surface area contributed by atoms with Crippen molar-refractivity contribution in [2.45, 2.75) is 20.0 Å². The molecule has 0 aliphatic carbocycles. The Morgan fingerprint density at radius 3 is 2.38 bits per heavy atom. The number of hydrogen-bond acceptors (Lipinski definition) is 2. The molecule has 0 aliphatic heterocycles. The molecular formula is C8H11F3O2. The van der Waals surface area contributed by atoms with Gasteiger partial charge in [-0.25, -0.2) is 0 Å². The molecule has 0 N–H and O–H groups in total. The second-order valence-corrected chi connectivity index (χ2v) is 2.89. The summed E-state index contributed by atoms with van der Waals surface area (Å²) in [6, 6.07) is 0. The number of hydrogen-bond donors (Lipinski definition) is 0. The van der Waals surface area contributed by atoms with Gasteiger partial charge < -0.3 is 4.74 Å². The molecule has 0 heterocycles. The van der Waals surface area contributed by atoms with Crippen LogP contribution in [0.2, 0.25) is 0 Å². The molecule has 0 bridgehead atoms. The molecule has 0 rings (SSSR count). The quantitative estimate of drug-likeness (QED) is 0.509. The Morgan fingerprint density at radius 1 is 1.46 bits per heavy atom. The first kappa shape index (κ1) is 12.0. The van der Waals surface area contributed by atoms with Gasteiger partial charge in [0, 0.05) is 6.08 Å². The van der Waals surface area contributed by atoms with Gasteiger partial charge in [-0.15, -0.1) is 0 Å². The summed E-state index contributed by atoms with van der Waals surface area (Å²) in [5.74, 6) is -1.69. The standard InChI is InChI=1S/C8H11F3O2/c1-6(2)5-13-4-3-7(12)8(9,10)11/h3-4,6H,5H2,1-2H3/b4-3+. The molecule has 0 saturated carbocycles. The van der Waals surface area contributed by atoms with E-state index >= 15 is 0 Å². The molecule has 0 radical (unpaired) electrons. The van der Waals surface area contributed by atoms with E-state index in [4.69, 9.17) is 0 Å². The van der Waals surface area contributed by atoms with Crippen molar-refractivity contribution in [3.05, 3.63) is 12.3 Å². The van der Waals surface area contributed by atoms with E-state index in [9.17, 15) is 18.0 Å². The Labute approximate surface area is 74.4 Å². The molecule has 76 valence electrons. The minimum absolute atomic E-state index is 0.214. The van der Waals surface area contributed by atoms with E-state index in [1.54, 1.807) is 0 Å². The molecule has 0 aromatic heterocycles. The van der Waals surface area contributed by atoms with Crippen LogP contribution in [0.1, 0.15) is 13.8 Å².